The van der Waals surface area contributed by atoms with E-state index >= 15 is 0 Å². The lowest BCUT2D eigenvalue weighted by Gasteiger charge is -2.29. The highest BCUT2D eigenvalue weighted by molar-refractivity contribution is 6.31. The number of nitrogens with one attached hydrogen (secondary N) is 1. The highest BCUT2D eigenvalue weighted by Crippen LogP contribution is 2.33. The lowest BCUT2D eigenvalue weighted by molar-refractivity contribution is -0.139. The zero-order valence-corrected chi connectivity index (χ0v) is 16.0. The van der Waals surface area contributed by atoms with Crippen LogP contribution >= 0.6 is 11.6 Å². The Bertz CT molecular complexity index is 997. The van der Waals surface area contributed by atoms with Crippen molar-refractivity contribution in [1.29, 1.82) is 0 Å². The van der Waals surface area contributed by atoms with Crippen LogP contribution in [0.2, 0.25) is 5.02 Å². The Balaban J connectivity index is 2.01. The van der Waals surface area contributed by atoms with Crippen molar-refractivity contribution in [1.82, 2.24) is 19.9 Å². The Labute approximate surface area is 160 Å². The molecule has 0 bridgehead atoms. The summed E-state index contributed by atoms with van der Waals surface area (Å²) in [4.78, 5) is 26.9. The molecule has 0 aliphatic rings. The number of fused-ring (bicyclic) bond motifs is 1. The Kier molecular flexibility index (Phi) is 5.15. The maximum Gasteiger partial charge on any atom is 0.303 e. The quantitative estimate of drug-likeness (QED) is 0.669. The number of aliphatic carboxylic acids is 1. The molecular weight excluding hydrogens is 371 g/mol. The minimum Gasteiger partial charge on any atom is -0.481 e. The number of hydrogen-bond acceptors (Lipinski definition) is 4. The Morgan fingerprint density at radius 2 is 2.07 bits per heavy atom. The van der Waals surface area contributed by atoms with E-state index in [0.29, 0.717) is 22.1 Å². The van der Waals surface area contributed by atoms with Gasteiger partial charge in [-0.05, 0) is 23.8 Å². The lowest BCUT2D eigenvalue weighted by Crippen LogP contribution is -2.26. The van der Waals surface area contributed by atoms with E-state index in [9.17, 15) is 14.3 Å². The van der Waals surface area contributed by atoms with Crippen LogP contribution < -0.4 is 0 Å². The molecule has 1 atom stereocenters. The van der Waals surface area contributed by atoms with Crippen LogP contribution in [-0.4, -0.2) is 31.0 Å². The zero-order valence-electron chi connectivity index (χ0n) is 15.3. The summed E-state index contributed by atoms with van der Waals surface area (Å²) in [6, 6.07) is 1.74. The maximum atomic E-state index is 14.4. The molecule has 3 aromatic rings. The number of aromatic amines is 1. The third kappa shape index (κ3) is 4.24. The normalized spacial score (nSPS) is 13.1. The second-order valence-corrected chi connectivity index (χ2v) is 8.04. The summed E-state index contributed by atoms with van der Waals surface area (Å²) in [5.74, 6) is -1.40. The van der Waals surface area contributed by atoms with Crippen molar-refractivity contribution in [2.75, 3.05) is 0 Å². The molecule has 0 amide bonds. The average Bonchev–Trinajstić information content (AvgIpc) is 2.98. The number of rotatable bonds is 5. The fourth-order valence-corrected chi connectivity index (χ4v) is 3.12. The minimum absolute atomic E-state index is 0.0606. The molecule has 0 aliphatic heterocycles. The maximum absolute atomic E-state index is 14.4. The molecule has 0 unspecified atom stereocenters. The molecule has 0 aromatic carbocycles. The van der Waals surface area contributed by atoms with Crippen molar-refractivity contribution in [2.24, 2.45) is 11.3 Å². The summed E-state index contributed by atoms with van der Waals surface area (Å²) < 4.78 is 14.4. The molecule has 27 heavy (non-hydrogen) atoms. The van der Waals surface area contributed by atoms with Crippen molar-refractivity contribution in [3.63, 3.8) is 0 Å². The van der Waals surface area contributed by atoms with Gasteiger partial charge in [-0.2, -0.15) is 0 Å². The number of halogens is 2. The molecule has 3 heterocycles. The van der Waals surface area contributed by atoms with Crippen molar-refractivity contribution < 1.29 is 14.3 Å². The van der Waals surface area contributed by atoms with E-state index in [1.165, 1.54) is 6.20 Å². The summed E-state index contributed by atoms with van der Waals surface area (Å²) in [6.07, 6.45) is 4.49. The molecule has 3 aromatic heterocycles. The highest BCUT2D eigenvalue weighted by atomic mass is 35.5. The Morgan fingerprint density at radius 1 is 1.33 bits per heavy atom. The van der Waals surface area contributed by atoms with Gasteiger partial charge in [0.1, 0.15) is 5.65 Å². The van der Waals surface area contributed by atoms with Crippen molar-refractivity contribution in [3.05, 3.63) is 41.2 Å². The van der Waals surface area contributed by atoms with E-state index < -0.39 is 11.8 Å². The molecule has 0 saturated carbocycles. The van der Waals surface area contributed by atoms with Crippen LogP contribution in [0, 0.1) is 17.2 Å². The van der Waals surface area contributed by atoms with E-state index in [2.05, 4.69) is 19.9 Å². The molecule has 8 heteroatoms. The van der Waals surface area contributed by atoms with E-state index in [1.807, 2.05) is 20.8 Å². The standard InChI is InChI=1S/C19H20ClFN4O2/c1-19(2,3)10(5-16(26)27)4-15-14(21)9-24-18(25-15)13-8-23-17-12(13)6-11(20)7-22-17/h6-10H,4-5H2,1-3H3,(H,22,23)(H,26,27)/t10-/m1/s1. The molecule has 2 N–H and O–H groups in total. The monoisotopic (exact) mass is 390 g/mol. The fourth-order valence-electron chi connectivity index (χ4n) is 2.97. The van der Waals surface area contributed by atoms with Crippen LogP contribution in [0.5, 0.6) is 0 Å². The van der Waals surface area contributed by atoms with Crippen LogP contribution in [-0.2, 0) is 11.2 Å². The van der Waals surface area contributed by atoms with Gasteiger partial charge in [-0.15, -0.1) is 0 Å². The number of carbonyl (C=O) groups is 1. The first-order valence-electron chi connectivity index (χ1n) is 8.51. The molecule has 3 rings (SSSR count). The van der Waals surface area contributed by atoms with Crippen LogP contribution in [0.25, 0.3) is 22.4 Å². The smallest absolute Gasteiger partial charge is 0.303 e. The molecule has 0 fully saturated rings. The number of aromatic nitrogens is 4. The number of carboxylic acid groups (broad SMARTS) is 1. The summed E-state index contributed by atoms with van der Waals surface area (Å²) >= 11 is 6.03. The molecule has 0 radical (unpaired) electrons. The van der Waals surface area contributed by atoms with Crippen LogP contribution in [0.15, 0.2) is 24.7 Å². The average molecular weight is 391 g/mol. The highest BCUT2D eigenvalue weighted by Gasteiger charge is 2.29. The van der Waals surface area contributed by atoms with Gasteiger partial charge >= 0.3 is 5.97 Å². The second kappa shape index (κ2) is 7.23. The molecule has 0 aliphatic carbocycles. The van der Waals surface area contributed by atoms with Crippen LogP contribution in [0.3, 0.4) is 0 Å². The minimum atomic E-state index is -0.915. The number of carboxylic acids is 1. The van der Waals surface area contributed by atoms with E-state index in [4.69, 9.17) is 11.6 Å². The van der Waals surface area contributed by atoms with Gasteiger partial charge in [-0.3, -0.25) is 4.79 Å². The number of pyridine rings is 1. The van der Waals surface area contributed by atoms with Gasteiger partial charge in [0.25, 0.3) is 0 Å². The molecule has 6 nitrogen and oxygen atoms in total. The first kappa shape index (κ1) is 19.2. The molecule has 0 saturated heterocycles. The van der Waals surface area contributed by atoms with Gasteiger partial charge in [-0.1, -0.05) is 32.4 Å². The number of hydrogen-bond donors (Lipinski definition) is 2. The first-order valence-corrected chi connectivity index (χ1v) is 8.89. The van der Waals surface area contributed by atoms with Gasteiger partial charge in [0.15, 0.2) is 11.6 Å². The third-order valence-corrected chi connectivity index (χ3v) is 4.85. The van der Waals surface area contributed by atoms with Gasteiger partial charge in [0.2, 0.25) is 0 Å². The van der Waals surface area contributed by atoms with Gasteiger partial charge in [-0.25, -0.2) is 19.3 Å². The summed E-state index contributed by atoms with van der Waals surface area (Å²) in [5, 5.41) is 10.4. The van der Waals surface area contributed by atoms with Crippen molar-refractivity contribution in [2.45, 2.75) is 33.6 Å². The Morgan fingerprint density at radius 3 is 2.74 bits per heavy atom. The zero-order chi connectivity index (χ0) is 19.8. The topological polar surface area (TPSA) is 91.8 Å². The predicted molar refractivity (Wildman–Crippen MR) is 101 cm³/mol. The first-order chi connectivity index (χ1) is 12.6. The van der Waals surface area contributed by atoms with Crippen molar-refractivity contribution >= 4 is 28.6 Å². The van der Waals surface area contributed by atoms with E-state index in [0.717, 1.165) is 11.6 Å². The largest absolute Gasteiger partial charge is 0.481 e. The van der Waals surface area contributed by atoms with Crippen LogP contribution in [0.1, 0.15) is 32.9 Å². The third-order valence-electron chi connectivity index (χ3n) is 4.64. The summed E-state index contributed by atoms with van der Waals surface area (Å²) in [5.41, 5.74) is 1.17. The molecule has 0 spiro atoms. The van der Waals surface area contributed by atoms with E-state index in [1.54, 1.807) is 12.3 Å². The fraction of sp³-hybridized carbons (Fsp3) is 0.368. The van der Waals surface area contributed by atoms with Crippen LogP contribution in [0.4, 0.5) is 4.39 Å². The number of H-pyrrole nitrogens is 1. The Hall–Kier alpha value is -2.54. The van der Waals surface area contributed by atoms with Gasteiger partial charge < -0.3 is 10.1 Å². The molecule has 142 valence electrons. The van der Waals surface area contributed by atoms with E-state index in [-0.39, 0.29) is 29.9 Å². The van der Waals surface area contributed by atoms with Crippen molar-refractivity contribution in [3.8, 4) is 11.4 Å². The lowest BCUT2D eigenvalue weighted by atomic mass is 9.76. The predicted octanol–water partition coefficient (Wildman–Crippen LogP) is 4.49. The van der Waals surface area contributed by atoms with Gasteiger partial charge in [0.05, 0.1) is 16.9 Å². The SMILES string of the molecule is CC(C)(C)[C@@H](CC(=O)O)Cc1nc(-c2c[nH]c3ncc(Cl)cc23)ncc1F. The number of nitrogens with zero attached hydrogens (tertiary/aromatic N) is 3. The second-order valence-electron chi connectivity index (χ2n) is 7.61. The summed E-state index contributed by atoms with van der Waals surface area (Å²) in [7, 11) is 0. The summed E-state index contributed by atoms with van der Waals surface area (Å²) in [6.45, 7) is 5.82. The van der Waals surface area contributed by atoms with Gasteiger partial charge in [0, 0.05) is 29.8 Å². The molecular formula is C19H20ClFN4O2.